The van der Waals surface area contributed by atoms with E-state index in [1.165, 1.54) is 87.5 Å². The molecule has 0 bridgehead atoms. The van der Waals surface area contributed by atoms with Crippen molar-refractivity contribution in [2.24, 2.45) is 0 Å². The Hall–Kier alpha value is -7.78. The Morgan fingerprint density at radius 2 is 0.815 bits per heavy atom. The van der Waals surface area contributed by atoms with Crippen LogP contribution in [-0.2, 0) is 5.41 Å². The van der Waals surface area contributed by atoms with Crippen molar-refractivity contribution in [3.05, 3.63) is 260 Å². The van der Waals surface area contributed by atoms with Gasteiger partial charge in [0.05, 0.1) is 11.4 Å². The number of hydrogen-bond donors (Lipinski definition) is 0. The number of hydrogen-bond acceptors (Lipinski definition) is 1. The number of rotatable bonds is 8. The highest BCUT2D eigenvalue weighted by molar-refractivity contribution is 7.22. The monoisotopic (exact) mass is 845 g/mol. The van der Waals surface area contributed by atoms with Gasteiger partial charge in [0, 0.05) is 22.2 Å². The third-order valence-electron chi connectivity index (χ3n) is 14.2. The van der Waals surface area contributed by atoms with Crippen molar-refractivity contribution in [1.82, 2.24) is 0 Å². The van der Waals surface area contributed by atoms with Crippen LogP contribution in [0.15, 0.2) is 249 Å². The van der Waals surface area contributed by atoms with E-state index in [1.807, 2.05) is 0 Å². The molecule has 2 heteroatoms. The average Bonchev–Trinajstić information content (AvgIpc) is 3.80. The summed E-state index contributed by atoms with van der Waals surface area (Å²) in [5.74, 6) is 0. The summed E-state index contributed by atoms with van der Waals surface area (Å²) < 4.78 is 0. The lowest BCUT2D eigenvalue weighted by Crippen LogP contribution is -2.72. The predicted molar refractivity (Wildman–Crippen MR) is 278 cm³/mol. The van der Waals surface area contributed by atoms with Gasteiger partial charge in [-0.2, -0.15) is 0 Å². The zero-order valence-electron chi connectivity index (χ0n) is 36.6. The van der Waals surface area contributed by atoms with Crippen LogP contribution in [0.1, 0.15) is 25.0 Å². The highest BCUT2D eigenvalue weighted by Gasteiger charge is 2.49. The molecular formula is C63H47NSi. The molecule has 1 heterocycles. The second-order valence-electron chi connectivity index (χ2n) is 18.0. The van der Waals surface area contributed by atoms with Gasteiger partial charge >= 0.3 is 0 Å². The van der Waals surface area contributed by atoms with E-state index in [-0.39, 0.29) is 5.41 Å². The average molecular weight is 846 g/mol. The third kappa shape index (κ3) is 6.13. The second kappa shape index (κ2) is 15.5. The van der Waals surface area contributed by atoms with Gasteiger partial charge in [-0.15, -0.1) is 0 Å². The molecule has 0 N–H and O–H groups in total. The lowest BCUT2D eigenvalue weighted by Gasteiger charge is -2.35. The van der Waals surface area contributed by atoms with Crippen molar-refractivity contribution in [3.8, 4) is 55.6 Å². The maximum atomic E-state index is 2.59. The van der Waals surface area contributed by atoms with E-state index in [0.717, 1.165) is 17.1 Å². The first-order chi connectivity index (χ1) is 32.0. The summed E-state index contributed by atoms with van der Waals surface area (Å²) in [4.78, 5) is 2.59. The van der Waals surface area contributed by atoms with Crippen LogP contribution in [0.4, 0.5) is 17.1 Å². The molecular weight excluding hydrogens is 799 g/mol. The fourth-order valence-electron chi connectivity index (χ4n) is 11.2. The third-order valence-corrected chi connectivity index (χ3v) is 19.0. The van der Waals surface area contributed by atoms with Crippen LogP contribution in [0.5, 0.6) is 0 Å². The summed E-state index contributed by atoms with van der Waals surface area (Å²) in [6.45, 7) is 4.77. The SMILES string of the molecule is CC1(C)c2ccccc2-c2ccc(N(c3ccc(-c4ccccc4)cc3-c3ccccc3)c3cc([Si]4(c5ccccc5)c5ccccc5-c5ccccc54)ccc3-c3ccccc3)cc21. The summed E-state index contributed by atoms with van der Waals surface area (Å²) >= 11 is 0. The Morgan fingerprint density at radius 3 is 1.46 bits per heavy atom. The van der Waals surface area contributed by atoms with E-state index >= 15 is 0 Å². The molecule has 308 valence electrons. The van der Waals surface area contributed by atoms with Crippen molar-refractivity contribution < 1.29 is 0 Å². The Bertz CT molecular complexity index is 3350. The van der Waals surface area contributed by atoms with Gasteiger partial charge < -0.3 is 4.90 Å². The molecule has 0 spiro atoms. The van der Waals surface area contributed by atoms with Crippen molar-refractivity contribution >= 4 is 45.9 Å². The lowest BCUT2D eigenvalue weighted by atomic mass is 9.82. The van der Waals surface area contributed by atoms with Crippen LogP contribution < -0.4 is 25.6 Å². The quantitative estimate of drug-likeness (QED) is 0.138. The summed E-state index contributed by atoms with van der Waals surface area (Å²) in [6.07, 6.45) is 0. The largest absolute Gasteiger partial charge is 0.309 e. The fraction of sp³-hybridized carbons (Fsp3) is 0.0476. The molecule has 1 aliphatic carbocycles. The molecule has 0 saturated carbocycles. The van der Waals surface area contributed by atoms with Gasteiger partial charge in [0.1, 0.15) is 0 Å². The fourth-order valence-corrected chi connectivity index (χ4v) is 16.3. The maximum absolute atomic E-state index is 2.87. The van der Waals surface area contributed by atoms with Gasteiger partial charge in [-0.3, -0.25) is 0 Å². The molecule has 0 fully saturated rings. The van der Waals surface area contributed by atoms with Gasteiger partial charge in [0.25, 0.3) is 0 Å². The normalized spacial score (nSPS) is 13.6. The standard InChI is InChI=1S/C63H47NSi/c1-63(2)57-32-18-15-29-52(57)53-38-36-48(42-58(53)63)64(59-40-35-47(44-21-7-3-8-22-44)41-56(59)46-25-11-5-12-26-46)60-43-50(37-39-51(60)45-23-9-4-10-24-45)65(49-27-13-6-14-28-49)61-33-19-16-30-54(61)55-31-17-20-34-62(55)65/h3-43H,1-2H3. The molecule has 10 aromatic rings. The molecule has 0 unspecified atom stereocenters. The summed E-state index contributed by atoms with van der Waals surface area (Å²) in [5, 5.41) is 5.62. The number of benzene rings is 10. The summed E-state index contributed by atoms with van der Waals surface area (Å²) in [6, 6.07) is 93.2. The lowest BCUT2D eigenvalue weighted by molar-refractivity contribution is 0.660. The van der Waals surface area contributed by atoms with Gasteiger partial charge in [0.15, 0.2) is 8.07 Å². The van der Waals surface area contributed by atoms with Crippen LogP contribution in [0, 0.1) is 0 Å². The van der Waals surface area contributed by atoms with E-state index < -0.39 is 8.07 Å². The molecule has 0 saturated heterocycles. The first kappa shape index (κ1) is 38.9. The molecule has 0 amide bonds. The van der Waals surface area contributed by atoms with E-state index in [9.17, 15) is 0 Å². The van der Waals surface area contributed by atoms with Crippen molar-refractivity contribution in [3.63, 3.8) is 0 Å². The van der Waals surface area contributed by atoms with Crippen molar-refractivity contribution in [2.75, 3.05) is 4.90 Å². The Kier molecular flexibility index (Phi) is 9.26. The van der Waals surface area contributed by atoms with Crippen LogP contribution in [0.2, 0.25) is 0 Å². The molecule has 12 rings (SSSR count). The zero-order chi connectivity index (χ0) is 43.5. The van der Waals surface area contributed by atoms with E-state index in [2.05, 4.69) is 267 Å². The second-order valence-corrected chi connectivity index (χ2v) is 21.7. The van der Waals surface area contributed by atoms with Crippen LogP contribution >= 0.6 is 0 Å². The Balaban J connectivity index is 1.20. The van der Waals surface area contributed by atoms with Gasteiger partial charge in [-0.25, -0.2) is 0 Å². The first-order valence-corrected chi connectivity index (χ1v) is 24.8. The van der Waals surface area contributed by atoms with Crippen molar-refractivity contribution in [2.45, 2.75) is 19.3 Å². The van der Waals surface area contributed by atoms with E-state index in [1.54, 1.807) is 0 Å². The minimum atomic E-state index is -2.87. The molecule has 10 aromatic carbocycles. The number of anilines is 3. The molecule has 0 radical (unpaired) electrons. The molecule has 0 aromatic heterocycles. The van der Waals surface area contributed by atoms with Gasteiger partial charge in [0.2, 0.25) is 0 Å². The highest BCUT2D eigenvalue weighted by Crippen LogP contribution is 2.52. The minimum absolute atomic E-state index is 0.182. The number of fused-ring (bicyclic) bond motifs is 6. The molecule has 0 atom stereocenters. The van der Waals surface area contributed by atoms with Crippen molar-refractivity contribution in [1.29, 1.82) is 0 Å². The Morgan fingerprint density at radius 1 is 0.308 bits per heavy atom. The molecule has 65 heavy (non-hydrogen) atoms. The summed E-state index contributed by atoms with van der Waals surface area (Å²) in [5.41, 5.74) is 18.3. The van der Waals surface area contributed by atoms with Crippen LogP contribution in [0.3, 0.4) is 0 Å². The molecule has 2 aliphatic rings. The van der Waals surface area contributed by atoms with Gasteiger partial charge in [-0.05, 0) is 107 Å². The minimum Gasteiger partial charge on any atom is -0.309 e. The van der Waals surface area contributed by atoms with Crippen LogP contribution in [0.25, 0.3) is 55.6 Å². The maximum Gasteiger partial charge on any atom is 0.180 e. The molecule has 1 aliphatic heterocycles. The van der Waals surface area contributed by atoms with E-state index in [4.69, 9.17) is 0 Å². The van der Waals surface area contributed by atoms with Crippen LogP contribution in [-0.4, -0.2) is 8.07 Å². The van der Waals surface area contributed by atoms with Gasteiger partial charge in [-0.1, -0.05) is 232 Å². The van der Waals surface area contributed by atoms with E-state index in [0.29, 0.717) is 0 Å². The topological polar surface area (TPSA) is 3.24 Å². The summed E-state index contributed by atoms with van der Waals surface area (Å²) in [7, 11) is -2.87. The smallest absolute Gasteiger partial charge is 0.180 e. The molecule has 1 nitrogen and oxygen atoms in total. The zero-order valence-corrected chi connectivity index (χ0v) is 37.6. The first-order valence-electron chi connectivity index (χ1n) is 22.8. The number of nitrogens with zero attached hydrogens (tertiary/aromatic N) is 1. The predicted octanol–water partition coefficient (Wildman–Crippen LogP) is 13.8. The Labute approximate surface area is 383 Å². The highest BCUT2D eigenvalue weighted by atomic mass is 28.3.